The van der Waals surface area contributed by atoms with E-state index in [4.69, 9.17) is 4.74 Å². The molecule has 2 saturated heterocycles. The van der Waals surface area contributed by atoms with Gasteiger partial charge in [-0.1, -0.05) is 48.9 Å². The highest BCUT2D eigenvalue weighted by atomic mass is 16.5. The van der Waals surface area contributed by atoms with E-state index in [-0.39, 0.29) is 0 Å². The number of rotatable bonds is 5. The predicted octanol–water partition coefficient (Wildman–Crippen LogP) is 4.78. The minimum Gasteiger partial charge on any atom is -0.497 e. The Morgan fingerprint density at radius 2 is 2.00 bits per heavy atom. The summed E-state index contributed by atoms with van der Waals surface area (Å²) in [6.45, 7) is 5.26. The number of allylic oxidation sites excluding steroid dienone is 2. The van der Waals surface area contributed by atoms with Crippen molar-refractivity contribution >= 4 is 0 Å². The van der Waals surface area contributed by atoms with Gasteiger partial charge in [-0.15, -0.1) is 0 Å². The van der Waals surface area contributed by atoms with Crippen molar-refractivity contribution in [1.82, 2.24) is 4.90 Å². The minimum absolute atomic E-state index is 0.580. The number of hydrogen-bond acceptors (Lipinski definition) is 2. The molecule has 2 heterocycles. The topological polar surface area (TPSA) is 12.5 Å². The molecule has 3 rings (SSSR count). The van der Waals surface area contributed by atoms with E-state index in [0.717, 1.165) is 6.04 Å². The molecule has 3 atom stereocenters. The number of hydrogen-bond donors (Lipinski definition) is 0. The van der Waals surface area contributed by atoms with E-state index < -0.39 is 0 Å². The normalized spacial score (nSPS) is 29.0. The zero-order valence-electron chi connectivity index (χ0n) is 14.2. The van der Waals surface area contributed by atoms with Crippen molar-refractivity contribution in [3.8, 4) is 0 Å². The molecule has 0 aromatic heterocycles. The van der Waals surface area contributed by atoms with Crippen molar-refractivity contribution in [1.29, 1.82) is 0 Å². The molecule has 2 fully saturated rings. The lowest BCUT2D eigenvalue weighted by molar-refractivity contribution is 0.0657. The van der Waals surface area contributed by atoms with Crippen LogP contribution in [0.2, 0.25) is 0 Å². The Bertz CT molecular complexity index is 522. The number of nitrogens with zero attached hydrogens (tertiary/aromatic N) is 1. The molecule has 2 aliphatic heterocycles. The van der Waals surface area contributed by atoms with Crippen LogP contribution in [0.5, 0.6) is 0 Å². The molecule has 0 unspecified atom stereocenters. The molecule has 1 aromatic carbocycles. The fourth-order valence-electron chi connectivity index (χ4n) is 4.01. The Labute approximate surface area is 140 Å². The summed E-state index contributed by atoms with van der Waals surface area (Å²) < 4.78 is 5.76. The summed E-state index contributed by atoms with van der Waals surface area (Å²) in [5.74, 6) is 1.24. The lowest BCUT2D eigenvalue weighted by Crippen LogP contribution is -2.48. The fourth-order valence-corrected chi connectivity index (χ4v) is 4.01. The van der Waals surface area contributed by atoms with E-state index in [1.54, 1.807) is 0 Å². The number of ether oxygens (including phenoxy) is 1. The van der Waals surface area contributed by atoms with Crippen molar-refractivity contribution in [2.75, 3.05) is 13.1 Å². The van der Waals surface area contributed by atoms with Crippen LogP contribution in [-0.2, 0) is 11.3 Å². The van der Waals surface area contributed by atoms with Crippen molar-refractivity contribution in [3.63, 3.8) is 0 Å². The molecule has 0 aliphatic carbocycles. The van der Waals surface area contributed by atoms with Gasteiger partial charge >= 0.3 is 0 Å². The van der Waals surface area contributed by atoms with Gasteiger partial charge in [-0.2, -0.15) is 0 Å². The Hall–Kier alpha value is -1.54. The monoisotopic (exact) mass is 311 g/mol. The number of fused-ring (bicyclic) bond motifs is 1. The number of piperidine rings is 2. The summed E-state index contributed by atoms with van der Waals surface area (Å²) in [4.78, 5) is 2.70. The second kappa shape index (κ2) is 8.35. The van der Waals surface area contributed by atoms with E-state index in [0.29, 0.717) is 18.4 Å². The lowest BCUT2D eigenvalue weighted by Gasteiger charge is -2.45. The van der Waals surface area contributed by atoms with Crippen LogP contribution in [0.25, 0.3) is 0 Å². The van der Waals surface area contributed by atoms with Crippen molar-refractivity contribution in [3.05, 3.63) is 60.4 Å². The van der Waals surface area contributed by atoms with Crippen LogP contribution in [0.3, 0.4) is 0 Å². The van der Waals surface area contributed by atoms with Crippen molar-refractivity contribution in [2.24, 2.45) is 11.8 Å². The average molecular weight is 311 g/mol. The Balaban J connectivity index is 1.56. The molecule has 2 aliphatic rings. The first-order valence-electron chi connectivity index (χ1n) is 9.06. The number of benzene rings is 1. The largest absolute Gasteiger partial charge is 0.497 e. The Morgan fingerprint density at radius 3 is 2.83 bits per heavy atom. The first-order valence-corrected chi connectivity index (χ1v) is 9.06. The van der Waals surface area contributed by atoms with Gasteiger partial charge in [-0.25, -0.2) is 0 Å². The highest BCUT2D eigenvalue weighted by molar-refractivity contribution is 5.13. The van der Waals surface area contributed by atoms with E-state index in [9.17, 15) is 0 Å². The Morgan fingerprint density at radius 1 is 1.13 bits per heavy atom. The van der Waals surface area contributed by atoms with Crippen LogP contribution in [0.1, 0.15) is 38.2 Å². The third-order valence-electron chi connectivity index (χ3n) is 5.24. The highest BCUT2D eigenvalue weighted by Crippen LogP contribution is 2.34. The molecular formula is C21H29NO. The van der Waals surface area contributed by atoms with Crippen molar-refractivity contribution in [2.45, 2.75) is 45.3 Å². The molecule has 0 saturated carbocycles. The third kappa shape index (κ3) is 4.48. The molecule has 0 spiro atoms. The maximum absolute atomic E-state index is 5.76. The van der Waals surface area contributed by atoms with Gasteiger partial charge < -0.3 is 4.74 Å². The molecule has 2 heteroatoms. The van der Waals surface area contributed by atoms with Gasteiger partial charge in [0.05, 0.1) is 6.26 Å². The summed E-state index contributed by atoms with van der Waals surface area (Å²) in [5, 5.41) is 0. The van der Waals surface area contributed by atoms with Gasteiger partial charge in [0, 0.05) is 12.6 Å². The third-order valence-corrected chi connectivity index (χ3v) is 5.24. The molecule has 2 nitrogen and oxygen atoms in total. The summed E-state index contributed by atoms with van der Waals surface area (Å²) in [5.41, 5.74) is 1.22. The van der Waals surface area contributed by atoms with Gasteiger partial charge in [-0.05, 0) is 56.2 Å². The van der Waals surface area contributed by atoms with Gasteiger partial charge in [-0.3, -0.25) is 4.90 Å². The van der Waals surface area contributed by atoms with Gasteiger partial charge in [0.15, 0.2) is 0 Å². The summed E-state index contributed by atoms with van der Waals surface area (Å²) in [7, 11) is 0. The molecular weight excluding hydrogens is 282 g/mol. The second-order valence-corrected chi connectivity index (χ2v) is 6.86. The standard InChI is InChI=1S/C21H29NO/c1-2-8-19-15-21-11-6-7-13-22(21)16-20(19)12-14-23-17-18-9-4-3-5-10-18/h2-5,8-10,12,14,19-21H,6-7,11,13,15-17H2,1H3/b8-2-,14-12+/t19-,20-,21+/m0/s1. The smallest absolute Gasteiger partial charge is 0.112 e. The summed E-state index contributed by atoms with van der Waals surface area (Å²) in [6, 6.07) is 11.2. The van der Waals surface area contributed by atoms with E-state index in [1.165, 1.54) is 44.3 Å². The van der Waals surface area contributed by atoms with Gasteiger partial charge in [0.25, 0.3) is 0 Å². The first kappa shape index (κ1) is 16.3. The molecule has 0 bridgehead atoms. The van der Waals surface area contributed by atoms with Crippen LogP contribution in [0.15, 0.2) is 54.8 Å². The first-order chi connectivity index (χ1) is 11.4. The maximum atomic E-state index is 5.76. The average Bonchev–Trinajstić information content (AvgIpc) is 2.60. The fraction of sp³-hybridized carbons (Fsp3) is 0.524. The zero-order chi connectivity index (χ0) is 15.9. The lowest BCUT2D eigenvalue weighted by atomic mass is 9.79. The minimum atomic E-state index is 0.580. The van der Waals surface area contributed by atoms with Crippen LogP contribution in [0.4, 0.5) is 0 Å². The molecule has 0 amide bonds. The molecule has 1 aromatic rings. The van der Waals surface area contributed by atoms with Gasteiger partial charge in [0.2, 0.25) is 0 Å². The summed E-state index contributed by atoms with van der Waals surface area (Å²) >= 11 is 0. The van der Waals surface area contributed by atoms with E-state index in [2.05, 4.69) is 54.3 Å². The second-order valence-electron chi connectivity index (χ2n) is 6.86. The maximum Gasteiger partial charge on any atom is 0.112 e. The SMILES string of the molecule is C/C=C\[C@H]1C[C@H]2CCCCN2C[C@@H]1/C=C/OCc1ccccc1. The molecule has 124 valence electrons. The van der Waals surface area contributed by atoms with Crippen LogP contribution >= 0.6 is 0 Å². The van der Waals surface area contributed by atoms with E-state index in [1.807, 2.05) is 12.3 Å². The zero-order valence-corrected chi connectivity index (χ0v) is 14.2. The highest BCUT2D eigenvalue weighted by Gasteiger charge is 2.34. The predicted molar refractivity (Wildman–Crippen MR) is 96.0 cm³/mol. The van der Waals surface area contributed by atoms with Crippen molar-refractivity contribution < 1.29 is 4.74 Å². The van der Waals surface area contributed by atoms with E-state index >= 15 is 0 Å². The molecule has 23 heavy (non-hydrogen) atoms. The summed E-state index contributed by atoms with van der Waals surface area (Å²) in [6.07, 6.45) is 14.3. The Kier molecular flexibility index (Phi) is 5.93. The van der Waals surface area contributed by atoms with Crippen LogP contribution < -0.4 is 0 Å². The van der Waals surface area contributed by atoms with Gasteiger partial charge in [0.1, 0.15) is 6.61 Å². The van der Waals surface area contributed by atoms with Crippen LogP contribution in [0, 0.1) is 11.8 Å². The quantitative estimate of drug-likeness (QED) is 0.573. The molecule has 0 N–H and O–H groups in total. The van der Waals surface area contributed by atoms with Crippen LogP contribution in [-0.4, -0.2) is 24.0 Å². The molecule has 0 radical (unpaired) electrons.